The number of nitrogen functional groups attached to an aromatic ring is 1. The zero-order valence-corrected chi connectivity index (χ0v) is 11.3. The number of hydrogen-bond donors (Lipinski definition) is 1. The van der Waals surface area contributed by atoms with Gasteiger partial charge in [-0.15, -0.1) is 11.3 Å². The van der Waals surface area contributed by atoms with Crippen LogP contribution in [-0.4, -0.2) is 6.29 Å². The molecule has 0 radical (unpaired) electrons. The Morgan fingerprint density at radius 3 is 2.68 bits per heavy atom. The Morgan fingerprint density at radius 2 is 1.95 bits per heavy atom. The highest BCUT2D eigenvalue weighted by Crippen LogP contribution is 2.35. The van der Waals surface area contributed by atoms with Gasteiger partial charge in [0.25, 0.3) is 0 Å². The summed E-state index contributed by atoms with van der Waals surface area (Å²) in [5, 5.41) is 1.23. The maximum absolute atomic E-state index is 11.1. The average Bonchev–Trinajstić information content (AvgIpc) is 2.85. The summed E-state index contributed by atoms with van der Waals surface area (Å²) in [4.78, 5) is 12.2. The summed E-state index contributed by atoms with van der Waals surface area (Å²) in [6.07, 6.45) is 0.819. The Balaban J connectivity index is 2.21. The minimum absolute atomic E-state index is 0.562. The highest BCUT2D eigenvalue weighted by atomic mass is 32.1. The second kappa shape index (κ2) is 4.52. The van der Waals surface area contributed by atoms with Crippen molar-refractivity contribution < 1.29 is 4.79 Å². The van der Waals surface area contributed by atoms with Gasteiger partial charge in [-0.25, -0.2) is 0 Å². The number of aldehydes is 1. The number of benzene rings is 2. The van der Waals surface area contributed by atoms with E-state index >= 15 is 0 Å². The monoisotopic (exact) mass is 267 g/mol. The molecule has 94 valence electrons. The van der Waals surface area contributed by atoms with E-state index in [0.29, 0.717) is 11.3 Å². The van der Waals surface area contributed by atoms with E-state index in [9.17, 15) is 4.79 Å². The normalized spacial score (nSPS) is 10.8. The van der Waals surface area contributed by atoms with Gasteiger partial charge in [-0.2, -0.15) is 0 Å². The molecule has 1 heterocycles. The van der Waals surface area contributed by atoms with Crippen LogP contribution < -0.4 is 5.73 Å². The quantitative estimate of drug-likeness (QED) is 0.556. The first-order valence-corrected chi connectivity index (χ1v) is 6.85. The van der Waals surface area contributed by atoms with Crippen molar-refractivity contribution in [3.05, 3.63) is 53.6 Å². The van der Waals surface area contributed by atoms with E-state index in [1.807, 2.05) is 31.2 Å². The molecular formula is C16H13NOS. The lowest BCUT2D eigenvalue weighted by molar-refractivity contribution is 0.112. The third kappa shape index (κ3) is 2.02. The van der Waals surface area contributed by atoms with Gasteiger partial charge in [0.2, 0.25) is 0 Å². The van der Waals surface area contributed by atoms with Gasteiger partial charge in [0, 0.05) is 20.8 Å². The molecule has 3 aromatic rings. The van der Waals surface area contributed by atoms with Crippen molar-refractivity contribution in [2.45, 2.75) is 6.92 Å². The molecule has 0 saturated carbocycles. The van der Waals surface area contributed by atoms with Crippen LogP contribution in [0.25, 0.3) is 20.5 Å². The predicted octanol–water partition coefficient (Wildman–Crippen LogP) is 4.27. The van der Waals surface area contributed by atoms with Crippen molar-refractivity contribution in [2.24, 2.45) is 0 Å². The molecule has 0 spiro atoms. The van der Waals surface area contributed by atoms with Crippen LogP contribution in [0.2, 0.25) is 0 Å². The van der Waals surface area contributed by atoms with Crippen molar-refractivity contribution in [3.8, 4) is 10.4 Å². The van der Waals surface area contributed by atoms with Gasteiger partial charge in [-0.3, -0.25) is 4.79 Å². The van der Waals surface area contributed by atoms with E-state index in [2.05, 4.69) is 18.2 Å². The van der Waals surface area contributed by atoms with Gasteiger partial charge in [0.05, 0.1) is 0 Å². The summed E-state index contributed by atoms with van der Waals surface area (Å²) in [7, 11) is 0. The van der Waals surface area contributed by atoms with Crippen LogP contribution in [0.15, 0.2) is 42.5 Å². The SMILES string of the molecule is Cc1cc(-c2cc3ccccc3s2)cc(C=O)c1N. The van der Waals surface area contributed by atoms with Crippen molar-refractivity contribution in [2.75, 3.05) is 5.73 Å². The van der Waals surface area contributed by atoms with Gasteiger partial charge in [-0.05, 0) is 47.7 Å². The van der Waals surface area contributed by atoms with E-state index in [1.165, 1.54) is 10.1 Å². The summed E-state index contributed by atoms with van der Waals surface area (Å²) in [6.45, 7) is 1.93. The molecule has 2 N–H and O–H groups in total. The van der Waals surface area contributed by atoms with Crippen LogP contribution in [0.1, 0.15) is 15.9 Å². The number of fused-ring (bicyclic) bond motifs is 1. The Hall–Kier alpha value is -2.13. The van der Waals surface area contributed by atoms with E-state index in [0.717, 1.165) is 22.3 Å². The Morgan fingerprint density at radius 1 is 1.16 bits per heavy atom. The molecule has 0 aliphatic rings. The summed E-state index contributed by atoms with van der Waals surface area (Å²) in [5.74, 6) is 0. The van der Waals surface area contributed by atoms with Crippen molar-refractivity contribution in [1.82, 2.24) is 0 Å². The summed E-state index contributed by atoms with van der Waals surface area (Å²) < 4.78 is 1.25. The highest BCUT2D eigenvalue weighted by molar-refractivity contribution is 7.22. The highest BCUT2D eigenvalue weighted by Gasteiger charge is 2.09. The fraction of sp³-hybridized carbons (Fsp3) is 0.0625. The van der Waals surface area contributed by atoms with Gasteiger partial charge in [0.15, 0.2) is 6.29 Å². The molecule has 3 rings (SSSR count). The lowest BCUT2D eigenvalue weighted by Crippen LogP contribution is -1.96. The topological polar surface area (TPSA) is 43.1 Å². The van der Waals surface area contributed by atoms with Crippen molar-refractivity contribution >= 4 is 33.4 Å². The number of hydrogen-bond acceptors (Lipinski definition) is 3. The molecule has 0 unspecified atom stereocenters. The van der Waals surface area contributed by atoms with E-state index in [-0.39, 0.29) is 0 Å². The number of nitrogens with two attached hydrogens (primary N) is 1. The largest absolute Gasteiger partial charge is 0.398 e. The second-order valence-corrected chi connectivity index (χ2v) is 5.65. The van der Waals surface area contributed by atoms with Gasteiger partial charge in [0.1, 0.15) is 0 Å². The van der Waals surface area contributed by atoms with Gasteiger partial charge >= 0.3 is 0 Å². The fourth-order valence-electron chi connectivity index (χ4n) is 2.19. The van der Waals surface area contributed by atoms with E-state index < -0.39 is 0 Å². The Kier molecular flexibility index (Phi) is 2.84. The summed E-state index contributed by atoms with van der Waals surface area (Å²) in [5.41, 5.74) is 9.01. The molecule has 0 aliphatic carbocycles. The number of rotatable bonds is 2. The molecule has 0 saturated heterocycles. The van der Waals surface area contributed by atoms with Gasteiger partial charge in [-0.1, -0.05) is 18.2 Å². The average molecular weight is 267 g/mol. The molecule has 0 aliphatic heterocycles. The zero-order valence-electron chi connectivity index (χ0n) is 10.5. The number of aryl methyl sites for hydroxylation is 1. The first-order chi connectivity index (χ1) is 9.19. The molecule has 3 heteroatoms. The third-order valence-corrected chi connectivity index (χ3v) is 4.42. The molecular weight excluding hydrogens is 254 g/mol. The minimum atomic E-state index is 0.562. The standard InChI is InChI=1S/C16H13NOS/c1-10-6-12(7-13(9-18)16(10)17)15-8-11-4-2-3-5-14(11)19-15/h2-9H,17H2,1H3. The molecule has 2 aromatic carbocycles. The number of anilines is 1. The molecule has 0 bridgehead atoms. The molecule has 0 amide bonds. The molecule has 0 atom stereocenters. The number of carbonyl (C=O) groups excluding carboxylic acids is 1. The minimum Gasteiger partial charge on any atom is -0.398 e. The van der Waals surface area contributed by atoms with Crippen LogP contribution in [0, 0.1) is 6.92 Å². The first kappa shape index (κ1) is 11.9. The van der Waals surface area contributed by atoms with Crippen molar-refractivity contribution in [3.63, 3.8) is 0 Å². The zero-order chi connectivity index (χ0) is 13.4. The maximum atomic E-state index is 11.1. The van der Waals surface area contributed by atoms with Crippen LogP contribution in [0.3, 0.4) is 0 Å². The maximum Gasteiger partial charge on any atom is 0.152 e. The van der Waals surface area contributed by atoms with Crippen LogP contribution in [0.5, 0.6) is 0 Å². The van der Waals surface area contributed by atoms with Gasteiger partial charge < -0.3 is 5.73 Å². The third-order valence-electron chi connectivity index (χ3n) is 3.26. The lowest BCUT2D eigenvalue weighted by atomic mass is 10.0. The van der Waals surface area contributed by atoms with Crippen LogP contribution in [-0.2, 0) is 0 Å². The lowest BCUT2D eigenvalue weighted by Gasteiger charge is -2.06. The smallest absolute Gasteiger partial charge is 0.152 e. The summed E-state index contributed by atoms with van der Waals surface area (Å²) >= 11 is 1.73. The molecule has 2 nitrogen and oxygen atoms in total. The Bertz CT molecular complexity index is 741. The Labute approximate surface area is 115 Å². The van der Waals surface area contributed by atoms with Crippen molar-refractivity contribution in [1.29, 1.82) is 0 Å². The van der Waals surface area contributed by atoms with Crippen LogP contribution >= 0.6 is 11.3 Å². The number of thiophene rings is 1. The van der Waals surface area contributed by atoms with E-state index in [4.69, 9.17) is 5.73 Å². The molecule has 19 heavy (non-hydrogen) atoms. The molecule has 1 aromatic heterocycles. The fourth-order valence-corrected chi connectivity index (χ4v) is 3.24. The van der Waals surface area contributed by atoms with E-state index in [1.54, 1.807) is 11.3 Å². The van der Waals surface area contributed by atoms with Crippen LogP contribution in [0.4, 0.5) is 5.69 Å². The molecule has 0 fully saturated rings. The first-order valence-electron chi connectivity index (χ1n) is 6.03. The second-order valence-electron chi connectivity index (χ2n) is 4.56. The number of carbonyl (C=O) groups is 1. The summed E-state index contributed by atoms with van der Waals surface area (Å²) in [6, 6.07) is 14.3. The predicted molar refractivity (Wildman–Crippen MR) is 81.8 cm³/mol.